The molecule has 1 heterocycles. The minimum Gasteiger partial charge on any atom is -0.444 e. The summed E-state index contributed by atoms with van der Waals surface area (Å²) in [4.78, 5) is 23.0. The molecule has 0 spiro atoms. The van der Waals surface area contributed by atoms with Crippen LogP contribution in [-0.4, -0.2) is 28.4 Å². The van der Waals surface area contributed by atoms with Gasteiger partial charge in [-0.05, 0) is 38.5 Å². The van der Waals surface area contributed by atoms with E-state index in [2.05, 4.69) is 15.5 Å². The number of H-pyrrole nitrogens is 1. The monoisotopic (exact) mass is 301 g/mol. The van der Waals surface area contributed by atoms with Gasteiger partial charge in [-0.2, -0.15) is 5.10 Å². The number of amides is 1. The highest BCUT2D eigenvalue weighted by Gasteiger charge is 2.14. The van der Waals surface area contributed by atoms with E-state index in [0.29, 0.717) is 11.9 Å². The van der Waals surface area contributed by atoms with Crippen LogP contribution in [0.2, 0.25) is 0 Å². The van der Waals surface area contributed by atoms with Gasteiger partial charge in [-0.3, -0.25) is 4.79 Å². The molecule has 1 amide bonds. The minimum atomic E-state index is -0.508. The number of hydrogen-bond donors (Lipinski definition) is 2. The van der Waals surface area contributed by atoms with E-state index in [1.54, 1.807) is 12.3 Å². The van der Waals surface area contributed by atoms with E-state index in [9.17, 15) is 9.59 Å². The fourth-order valence-electron chi connectivity index (χ4n) is 1.87. The van der Waals surface area contributed by atoms with E-state index in [4.69, 9.17) is 4.74 Å². The molecule has 2 N–H and O–H groups in total. The van der Waals surface area contributed by atoms with Crippen LogP contribution in [0, 0.1) is 0 Å². The molecule has 0 radical (unpaired) electrons. The molecule has 22 heavy (non-hydrogen) atoms. The van der Waals surface area contributed by atoms with Gasteiger partial charge in [0.1, 0.15) is 5.60 Å². The molecule has 0 atom stereocenters. The number of hydrogen-bond acceptors (Lipinski definition) is 4. The van der Waals surface area contributed by atoms with Crippen LogP contribution in [0.1, 0.15) is 26.3 Å². The third kappa shape index (κ3) is 4.44. The minimum absolute atomic E-state index is 0.209. The molecular formula is C16H19N3O3. The van der Waals surface area contributed by atoms with Gasteiger partial charge in [0.2, 0.25) is 0 Å². The summed E-state index contributed by atoms with van der Waals surface area (Å²) in [7, 11) is 0. The molecule has 0 aliphatic heterocycles. The fourth-order valence-corrected chi connectivity index (χ4v) is 1.87. The molecule has 0 aliphatic rings. The Labute approximate surface area is 128 Å². The Kier molecular flexibility index (Phi) is 4.60. The van der Waals surface area contributed by atoms with Gasteiger partial charge in [0.05, 0.1) is 11.6 Å². The number of nitrogens with one attached hydrogen (secondary N) is 2. The van der Waals surface area contributed by atoms with Crippen LogP contribution in [0.4, 0.5) is 4.79 Å². The first-order valence-corrected chi connectivity index (χ1v) is 6.96. The molecule has 6 heteroatoms. The smallest absolute Gasteiger partial charge is 0.407 e. The highest BCUT2D eigenvalue weighted by molar-refractivity contribution is 5.83. The molecule has 6 nitrogen and oxygen atoms in total. The lowest BCUT2D eigenvalue weighted by Gasteiger charge is -2.19. The Bertz CT molecular complexity index is 757. The number of rotatable bonds is 3. The van der Waals surface area contributed by atoms with Crippen LogP contribution in [-0.2, 0) is 4.74 Å². The number of ether oxygens (including phenoxy) is 1. The SMILES string of the molecule is CC(C)(C)OC(=O)NCC=Cc1ccc2c(=O)[nH]ncc2c1. The molecular weight excluding hydrogens is 282 g/mol. The topological polar surface area (TPSA) is 84.1 Å². The number of carbonyl (C=O) groups excluding carboxylic acids is 1. The Hall–Kier alpha value is -2.63. The second-order valence-electron chi connectivity index (χ2n) is 5.83. The average Bonchev–Trinajstić information content (AvgIpc) is 2.42. The van der Waals surface area contributed by atoms with Crippen LogP contribution in [0.3, 0.4) is 0 Å². The number of aromatic nitrogens is 2. The van der Waals surface area contributed by atoms with Crippen molar-refractivity contribution in [3.05, 3.63) is 46.4 Å². The fraction of sp³-hybridized carbons (Fsp3) is 0.312. The highest BCUT2D eigenvalue weighted by atomic mass is 16.6. The first-order chi connectivity index (χ1) is 10.3. The second-order valence-corrected chi connectivity index (χ2v) is 5.83. The number of aromatic amines is 1. The van der Waals surface area contributed by atoms with Gasteiger partial charge in [0.15, 0.2) is 0 Å². The summed E-state index contributed by atoms with van der Waals surface area (Å²) < 4.78 is 5.13. The second kappa shape index (κ2) is 6.43. The van der Waals surface area contributed by atoms with Gasteiger partial charge in [-0.25, -0.2) is 9.89 Å². The Morgan fingerprint density at radius 1 is 1.41 bits per heavy atom. The van der Waals surface area contributed by atoms with Crippen molar-refractivity contribution in [1.29, 1.82) is 0 Å². The molecule has 1 aromatic carbocycles. The summed E-state index contributed by atoms with van der Waals surface area (Å²) in [6, 6.07) is 5.44. The van der Waals surface area contributed by atoms with E-state index in [0.717, 1.165) is 10.9 Å². The summed E-state index contributed by atoms with van der Waals surface area (Å²) in [5.74, 6) is 0. The van der Waals surface area contributed by atoms with Crippen LogP contribution >= 0.6 is 0 Å². The summed E-state index contributed by atoms with van der Waals surface area (Å²) in [5.41, 5.74) is 0.206. The van der Waals surface area contributed by atoms with E-state index < -0.39 is 11.7 Å². The van der Waals surface area contributed by atoms with Crippen LogP contribution < -0.4 is 10.9 Å². The predicted molar refractivity (Wildman–Crippen MR) is 85.6 cm³/mol. The highest BCUT2D eigenvalue weighted by Crippen LogP contribution is 2.12. The summed E-state index contributed by atoms with van der Waals surface area (Å²) >= 11 is 0. The quantitative estimate of drug-likeness (QED) is 0.912. The lowest BCUT2D eigenvalue weighted by molar-refractivity contribution is 0.0534. The van der Waals surface area contributed by atoms with Gasteiger partial charge < -0.3 is 10.1 Å². The molecule has 0 saturated carbocycles. The number of carbonyl (C=O) groups is 1. The van der Waals surface area contributed by atoms with Crippen molar-refractivity contribution in [2.24, 2.45) is 0 Å². The van der Waals surface area contributed by atoms with E-state index in [-0.39, 0.29) is 5.56 Å². The standard InChI is InChI=1S/C16H19N3O3/c1-16(2,3)22-15(21)17-8-4-5-11-6-7-13-12(9-11)10-18-19-14(13)20/h4-7,9-10H,8H2,1-3H3,(H,17,21)(H,19,20). The number of nitrogens with zero attached hydrogens (tertiary/aromatic N) is 1. The van der Waals surface area contributed by atoms with Crippen LogP contribution in [0.5, 0.6) is 0 Å². The maximum absolute atomic E-state index is 11.5. The third-order valence-corrected chi connectivity index (χ3v) is 2.76. The predicted octanol–water partition coefficient (Wildman–Crippen LogP) is 2.46. The van der Waals surface area contributed by atoms with E-state index in [1.807, 2.05) is 45.1 Å². The van der Waals surface area contributed by atoms with Crippen molar-refractivity contribution in [3.8, 4) is 0 Å². The van der Waals surface area contributed by atoms with Gasteiger partial charge in [0.25, 0.3) is 5.56 Å². The van der Waals surface area contributed by atoms with Crippen LogP contribution in [0.15, 0.2) is 35.3 Å². The lowest BCUT2D eigenvalue weighted by atomic mass is 10.1. The van der Waals surface area contributed by atoms with Gasteiger partial charge >= 0.3 is 6.09 Å². The van der Waals surface area contributed by atoms with Crippen molar-refractivity contribution in [3.63, 3.8) is 0 Å². The maximum Gasteiger partial charge on any atom is 0.407 e. The number of fused-ring (bicyclic) bond motifs is 1. The molecule has 2 aromatic rings. The normalized spacial score (nSPS) is 11.8. The van der Waals surface area contributed by atoms with Crippen molar-refractivity contribution < 1.29 is 9.53 Å². The third-order valence-electron chi connectivity index (χ3n) is 2.76. The molecule has 0 bridgehead atoms. The molecule has 0 unspecified atom stereocenters. The number of alkyl carbamates (subject to hydrolysis) is 1. The van der Waals surface area contributed by atoms with Crippen molar-refractivity contribution in [2.75, 3.05) is 6.54 Å². The molecule has 0 saturated heterocycles. The summed E-state index contributed by atoms with van der Waals surface area (Å²) in [6.45, 7) is 5.80. The Balaban J connectivity index is 1.96. The Morgan fingerprint density at radius 2 is 2.18 bits per heavy atom. The number of benzene rings is 1. The summed E-state index contributed by atoms with van der Waals surface area (Å²) in [6.07, 6.45) is 4.82. The van der Waals surface area contributed by atoms with Gasteiger partial charge in [-0.1, -0.05) is 18.2 Å². The zero-order valence-corrected chi connectivity index (χ0v) is 12.8. The average molecular weight is 301 g/mol. The molecule has 1 aromatic heterocycles. The van der Waals surface area contributed by atoms with Gasteiger partial charge in [0, 0.05) is 11.9 Å². The first kappa shape index (κ1) is 15.8. The Morgan fingerprint density at radius 3 is 2.91 bits per heavy atom. The molecule has 2 rings (SSSR count). The lowest BCUT2D eigenvalue weighted by Crippen LogP contribution is -2.32. The van der Waals surface area contributed by atoms with Crippen molar-refractivity contribution >= 4 is 22.9 Å². The van der Waals surface area contributed by atoms with Crippen molar-refractivity contribution in [1.82, 2.24) is 15.5 Å². The van der Waals surface area contributed by atoms with E-state index >= 15 is 0 Å². The summed E-state index contributed by atoms with van der Waals surface area (Å²) in [5, 5.41) is 10.2. The van der Waals surface area contributed by atoms with Crippen LogP contribution in [0.25, 0.3) is 16.8 Å². The zero-order chi connectivity index (χ0) is 16.2. The van der Waals surface area contributed by atoms with Crippen molar-refractivity contribution in [2.45, 2.75) is 26.4 Å². The first-order valence-electron chi connectivity index (χ1n) is 6.96. The van der Waals surface area contributed by atoms with Gasteiger partial charge in [-0.15, -0.1) is 0 Å². The molecule has 0 aliphatic carbocycles. The maximum atomic E-state index is 11.5. The largest absolute Gasteiger partial charge is 0.444 e. The molecule has 0 fully saturated rings. The van der Waals surface area contributed by atoms with E-state index in [1.165, 1.54) is 0 Å². The molecule has 116 valence electrons. The zero-order valence-electron chi connectivity index (χ0n) is 12.8.